The van der Waals surface area contributed by atoms with Gasteiger partial charge in [0.25, 0.3) is 5.56 Å². The SMILES string of the molecule is CC1CCCCC1NC(=O)CC1CSc2nc3c(c(=O)n21)CCC3. The molecule has 5 nitrogen and oxygen atoms in total. The normalized spacial score (nSPS) is 28.5. The first-order valence-corrected chi connectivity index (χ1v) is 10.2. The highest BCUT2D eigenvalue weighted by molar-refractivity contribution is 7.99. The highest BCUT2D eigenvalue weighted by Gasteiger charge is 2.32. The Morgan fingerprint density at radius 3 is 2.96 bits per heavy atom. The van der Waals surface area contributed by atoms with E-state index in [9.17, 15) is 9.59 Å². The summed E-state index contributed by atoms with van der Waals surface area (Å²) in [6.07, 6.45) is 7.92. The lowest BCUT2D eigenvalue weighted by atomic mass is 9.86. The molecule has 0 bridgehead atoms. The van der Waals surface area contributed by atoms with Gasteiger partial charge in [-0.25, -0.2) is 4.98 Å². The molecule has 3 atom stereocenters. The third-order valence-corrected chi connectivity index (χ3v) is 6.85. The number of nitrogens with zero attached hydrogens (tertiary/aromatic N) is 2. The van der Waals surface area contributed by atoms with Crippen LogP contribution in [0.15, 0.2) is 9.95 Å². The first-order valence-electron chi connectivity index (χ1n) is 9.20. The Morgan fingerprint density at radius 1 is 1.29 bits per heavy atom. The van der Waals surface area contributed by atoms with Gasteiger partial charge >= 0.3 is 0 Å². The Morgan fingerprint density at radius 2 is 2.12 bits per heavy atom. The first kappa shape index (κ1) is 16.2. The van der Waals surface area contributed by atoms with Crippen LogP contribution in [0.5, 0.6) is 0 Å². The molecular formula is C18H25N3O2S. The van der Waals surface area contributed by atoms with Crippen molar-refractivity contribution in [1.82, 2.24) is 14.9 Å². The van der Waals surface area contributed by atoms with Crippen molar-refractivity contribution in [2.24, 2.45) is 5.92 Å². The zero-order valence-electron chi connectivity index (χ0n) is 14.2. The summed E-state index contributed by atoms with van der Waals surface area (Å²) in [6, 6.07) is 0.254. The quantitative estimate of drug-likeness (QED) is 0.853. The predicted molar refractivity (Wildman–Crippen MR) is 94.5 cm³/mol. The van der Waals surface area contributed by atoms with E-state index >= 15 is 0 Å². The van der Waals surface area contributed by atoms with Gasteiger partial charge in [-0.3, -0.25) is 14.2 Å². The second-order valence-electron chi connectivity index (χ2n) is 7.45. The number of fused-ring (bicyclic) bond motifs is 2. The Hall–Kier alpha value is -1.30. The summed E-state index contributed by atoms with van der Waals surface area (Å²) in [5.74, 6) is 1.42. The summed E-state index contributed by atoms with van der Waals surface area (Å²) in [5, 5.41) is 4.02. The third kappa shape index (κ3) is 2.89. The fourth-order valence-corrected chi connectivity index (χ4v) is 5.47. The van der Waals surface area contributed by atoms with E-state index in [2.05, 4.69) is 17.2 Å². The van der Waals surface area contributed by atoms with E-state index in [0.717, 1.165) is 47.8 Å². The van der Waals surface area contributed by atoms with Crippen molar-refractivity contribution in [1.29, 1.82) is 0 Å². The Balaban J connectivity index is 1.48. The molecule has 0 spiro atoms. The van der Waals surface area contributed by atoms with Crippen LogP contribution in [0.25, 0.3) is 0 Å². The van der Waals surface area contributed by atoms with E-state index in [4.69, 9.17) is 0 Å². The van der Waals surface area contributed by atoms with Crippen LogP contribution < -0.4 is 10.9 Å². The Bertz CT molecular complexity index is 715. The molecule has 0 aromatic carbocycles. The van der Waals surface area contributed by atoms with Crippen molar-refractivity contribution in [3.05, 3.63) is 21.6 Å². The van der Waals surface area contributed by atoms with Gasteiger partial charge in [0.1, 0.15) is 0 Å². The lowest BCUT2D eigenvalue weighted by molar-refractivity contribution is -0.123. The first-order chi connectivity index (χ1) is 11.6. The largest absolute Gasteiger partial charge is 0.353 e. The van der Waals surface area contributed by atoms with Crippen molar-refractivity contribution in [2.75, 3.05) is 5.75 Å². The predicted octanol–water partition coefficient (Wildman–Crippen LogP) is 2.46. The van der Waals surface area contributed by atoms with Gasteiger partial charge in [0.15, 0.2) is 5.16 Å². The van der Waals surface area contributed by atoms with Crippen LogP contribution in [0.1, 0.15) is 62.7 Å². The standard InChI is InChI=1S/C18H25N3O2S/c1-11-5-2-3-7-14(11)19-16(22)9-12-10-24-18-20-15-8-4-6-13(15)17(23)21(12)18/h11-12,14H,2-10H2,1H3,(H,19,22). The number of amides is 1. The second-order valence-corrected chi connectivity index (χ2v) is 8.44. The van der Waals surface area contributed by atoms with Crippen LogP contribution in [0.4, 0.5) is 0 Å². The summed E-state index contributed by atoms with van der Waals surface area (Å²) in [6.45, 7) is 2.22. The molecule has 0 radical (unpaired) electrons. The molecule has 1 N–H and O–H groups in total. The number of nitrogens with one attached hydrogen (secondary N) is 1. The molecule has 1 fully saturated rings. The van der Waals surface area contributed by atoms with E-state index in [1.54, 1.807) is 16.3 Å². The maximum absolute atomic E-state index is 12.8. The number of aryl methyl sites for hydroxylation is 1. The second kappa shape index (κ2) is 6.54. The van der Waals surface area contributed by atoms with E-state index in [-0.39, 0.29) is 17.5 Å². The minimum Gasteiger partial charge on any atom is -0.353 e. The fourth-order valence-electron chi connectivity index (χ4n) is 4.31. The molecular weight excluding hydrogens is 322 g/mol. The average Bonchev–Trinajstić information content (AvgIpc) is 3.17. The summed E-state index contributed by atoms with van der Waals surface area (Å²) >= 11 is 1.62. The van der Waals surface area contributed by atoms with E-state index < -0.39 is 0 Å². The van der Waals surface area contributed by atoms with Gasteiger partial charge in [0, 0.05) is 23.8 Å². The number of thioether (sulfide) groups is 1. The molecule has 1 aliphatic heterocycles. The van der Waals surface area contributed by atoms with Gasteiger partial charge in [0.2, 0.25) is 5.91 Å². The maximum Gasteiger partial charge on any atom is 0.257 e. The summed E-state index contributed by atoms with van der Waals surface area (Å²) in [4.78, 5) is 30.0. The van der Waals surface area contributed by atoms with Crippen LogP contribution in [0.2, 0.25) is 0 Å². The van der Waals surface area contributed by atoms with Crippen LogP contribution in [-0.4, -0.2) is 27.3 Å². The highest BCUT2D eigenvalue weighted by Crippen LogP contribution is 2.34. The summed E-state index contributed by atoms with van der Waals surface area (Å²) in [7, 11) is 0. The molecule has 1 aromatic heterocycles. The molecule has 3 unspecified atom stereocenters. The van der Waals surface area contributed by atoms with Crippen molar-refractivity contribution in [3.8, 4) is 0 Å². The Labute approximate surface area is 146 Å². The third-order valence-electron chi connectivity index (χ3n) is 5.75. The lowest BCUT2D eigenvalue weighted by Gasteiger charge is -2.30. The number of hydrogen-bond donors (Lipinski definition) is 1. The molecule has 3 aliphatic rings. The van der Waals surface area contributed by atoms with Crippen molar-refractivity contribution in [3.63, 3.8) is 0 Å². The van der Waals surface area contributed by atoms with Gasteiger partial charge < -0.3 is 5.32 Å². The topological polar surface area (TPSA) is 64.0 Å². The van der Waals surface area contributed by atoms with E-state index in [1.165, 1.54) is 19.3 Å². The average molecular weight is 347 g/mol. The molecule has 1 saturated carbocycles. The number of carbonyl (C=O) groups is 1. The number of carbonyl (C=O) groups excluding carboxylic acids is 1. The molecule has 2 aliphatic carbocycles. The summed E-state index contributed by atoms with van der Waals surface area (Å²) in [5.41, 5.74) is 1.97. The molecule has 4 rings (SSSR count). The summed E-state index contributed by atoms with van der Waals surface area (Å²) < 4.78 is 1.79. The molecule has 130 valence electrons. The molecule has 24 heavy (non-hydrogen) atoms. The monoisotopic (exact) mass is 347 g/mol. The highest BCUT2D eigenvalue weighted by atomic mass is 32.2. The molecule has 1 amide bonds. The van der Waals surface area contributed by atoms with Gasteiger partial charge in [-0.15, -0.1) is 0 Å². The van der Waals surface area contributed by atoms with Crippen LogP contribution in [0, 0.1) is 5.92 Å². The Kier molecular flexibility index (Phi) is 4.41. The molecule has 2 heterocycles. The minimum absolute atomic E-state index is 0.0465. The number of aromatic nitrogens is 2. The zero-order chi connectivity index (χ0) is 16.7. The van der Waals surface area contributed by atoms with Gasteiger partial charge in [-0.2, -0.15) is 0 Å². The maximum atomic E-state index is 12.8. The van der Waals surface area contributed by atoms with Crippen molar-refractivity contribution >= 4 is 17.7 Å². The molecule has 0 saturated heterocycles. The van der Waals surface area contributed by atoms with Crippen LogP contribution >= 0.6 is 11.8 Å². The lowest BCUT2D eigenvalue weighted by Crippen LogP contribution is -2.42. The van der Waals surface area contributed by atoms with E-state index in [0.29, 0.717) is 18.4 Å². The van der Waals surface area contributed by atoms with Gasteiger partial charge in [-0.05, 0) is 38.0 Å². The minimum atomic E-state index is -0.0465. The zero-order valence-corrected chi connectivity index (χ0v) is 15.0. The number of rotatable bonds is 3. The number of hydrogen-bond acceptors (Lipinski definition) is 4. The molecule has 6 heteroatoms. The smallest absolute Gasteiger partial charge is 0.257 e. The van der Waals surface area contributed by atoms with Gasteiger partial charge in [-0.1, -0.05) is 31.5 Å². The fraction of sp³-hybridized carbons (Fsp3) is 0.722. The van der Waals surface area contributed by atoms with E-state index in [1.807, 2.05) is 0 Å². The van der Waals surface area contributed by atoms with Gasteiger partial charge in [0.05, 0.1) is 11.7 Å². The van der Waals surface area contributed by atoms with Crippen molar-refractivity contribution in [2.45, 2.75) is 75.5 Å². The van der Waals surface area contributed by atoms with Crippen LogP contribution in [-0.2, 0) is 17.6 Å². The van der Waals surface area contributed by atoms with Crippen LogP contribution in [0.3, 0.4) is 0 Å². The van der Waals surface area contributed by atoms with Crippen molar-refractivity contribution < 1.29 is 4.79 Å². The molecule has 1 aromatic rings.